The summed E-state index contributed by atoms with van der Waals surface area (Å²) in [5.74, 6) is 0.0978. The molecule has 0 aliphatic carbocycles. The normalized spacial score (nSPS) is 17.7. The molecule has 3 rings (SSSR count). The fraction of sp³-hybridized carbons (Fsp3) is 0.167. The molecular weight excluding hydrogens is 246 g/mol. The summed E-state index contributed by atoms with van der Waals surface area (Å²) in [5.41, 5.74) is 3.13. The second-order valence-corrected chi connectivity index (χ2v) is 5.03. The van der Waals surface area contributed by atoms with Gasteiger partial charge in [-0.3, -0.25) is 4.79 Å². The highest BCUT2D eigenvalue weighted by Crippen LogP contribution is 2.32. The van der Waals surface area contributed by atoms with Crippen LogP contribution in [0.2, 0.25) is 0 Å². The molecule has 2 nitrogen and oxygen atoms in total. The summed E-state index contributed by atoms with van der Waals surface area (Å²) < 4.78 is 0. The quantitative estimate of drug-likeness (QED) is 0.775. The van der Waals surface area contributed by atoms with E-state index < -0.39 is 0 Å². The zero-order valence-electron chi connectivity index (χ0n) is 11.3. The van der Waals surface area contributed by atoms with Crippen molar-refractivity contribution in [2.24, 2.45) is 0 Å². The van der Waals surface area contributed by atoms with Gasteiger partial charge < -0.3 is 4.90 Å². The fourth-order valence-electron chi connectivity index (χ4n) is 2.84. The molecule has 0 saturated carbocycles. The highest BCUT2D eigenvalue weighted by Gasteiger charge is 2.31. The Morgan fingerprint density at radius 3 is 2.55 bits per heavy atom. The standard InChI is InChI=1S/C18H17NO/c1-2-12-19-17(14-8-4-3-5-9-14)13-15-10-6-7-11-16(15)18(19)20/h2-11,17H,1,12-13H2. The molecule has 2 aromatic carbocycles. The summed E-state index contributed by atoms with van der Waals surface area (Å²) in [6, 6.07) is 18.2. The van der Waals surface area contributed by atoms with Gasteiger partial charge in [-0.05, 0) is 23.6 Å². The van der Waals surface area contributed by atoms with Gasteiger partial charge >= 0.3 is 0 Å². The average Bonchev–Trinajstić information content (AvgIpc) is 2.51. The first-order valence-electron chi connectivity index (χ1n) is 6.86. The first kappa shape index (κ1) is 12.7. The summed E-state index contributed by atoms with van der Waals surface area (Å²) in [6.07, 6.45) is 2.65. The van der Waals surface area contributed by atoms with Crippen molar-refractivity contribution in [2.45, 2.75) is 12.5 Å². The Hall–Kier alpha value is -2.35. The van der Waals surface area contributed by atoms with Crippen LogP contribution in [0, 0.1) is 0 Å². The lowest BCUT2D eigenvalue weighted by Gasteiger charge is -2.36. The second kappa shape index (κ2) is 5.33. The predicted octanol–water partition coefficient (Wildman–Crippen LogP) is 3.61. The van der Waals surface area contributed by atoms with Crippen LogP contribution in [0.15, 0.2) is 67.3 Å². The van der Waals surface area contributed by atoms with Gasteiger partial charge in [-0.1, -0.05) is 54.6 Å². The Bertz CT molecular complexity index is 633. The van der Waals surface area contributed by atoms with Crippen LogP contribution in [0.1, 0.15) is 27.5 Å². The topological polar surface area (TPSA) is 20.3 Å². The Labute approximate surface area is 119 Å². The van der Waals surface area contributed by atoms with Crippen LogP contribution < -0.4 is 0 Å². The minimum atomic E-state index is 0.0941. The fourth-order valence-corrected chi connectivity index (χ4v) is 2.84. The first-order valence-corrected chi connectivity index (χ1v) is 6.86. The SMILES string of the molecule is C=CCN1C(=O)c2ccccc2CC1c1ccccc1. The third-order valence-corrected chi connectivity index (χ3v) is 3.81. The molecule has 1 amide bonds. The van der Waals surface area contributed by atoms with Crippen LogP contribution in [0.4, 0.5) is 0 Å². The highest BCUT2D eigenvalue weighted by atomic mass is 16.2. The molecule has 1 aliphatic heterocycles. The molecule has 1 atom stereocenters. The number of hydrogen-bond donors (Lipinski definition) is 0. The summed E-state index contributed by atoms with van der Waals surface area (Å²) in [7, 11) is 0. The number of fused-ring (bicyclic) bond motifs is 1. The predicted molar refractivity (Wildman–Crippen MR) is 80.6 cm³/mol. The van der Waals surface area contributed by atoms with E-state index in [1.54, 1.807) is 6.08 Å². The zero-order valence-corrected chi connectivity index (χ0v) is 11.3. The minimum absolute atomic E-state index is 0.0941. The van der Waals surface area contributed by atoms with Crippen LogP contribution in [-0.2, 0) is 6.42 Å². The lowest BCUT2D eigenvalue weighted by molar-refractivity contribution is 0.0674. The number of carbonyl (C=O) groups is 1. The van der Waals surface area contributed by atoms with Crippen LogP contribution >= 0.6 is 0 Å². The molecule has 1 heterocycles. The van der Waals surface area contributed by atoms with Gasteiger partial charge in [-0.15, -0.1) is 6.58 Å². The molecule has 1 unspecified atom stereocenters. The molecule has 2 aromatic rings. The summed E-state index contributed by atoms with van der Waals surface area (Å²) in [6.45, 7) is 4.36. The third-order valence-electron chi connectivity index (χ3n) is 3.81. The summed E-state index contributed by atoms with van der Waals surface area (Å²) in [4.78, 5) is 14.6. The van der Waals surface area contributed by atoms with Crippen molar-refractivity contribution in [3.8, 4) is 0 Å². The smallest absolute Gasteiger partial charge is 0.254 e. The maximum atomic E-state index is 12.7. The summed E-state index contributed by atoms with van der Waals surface area (Å²) >= 11 is 0. The molecule has 0 radical (unpaired) electrons. The second-order valence-electron chi connectivity index (χ2n) is 5.03. The number of benzene rings is 2. The van der Waals surface area contributed by atoms with E-state index in [-0.39, 0.29) is 11.9 Å². The molecular formula is C18H17NO. The highest BCUT2D eigenvalue weighted by molar-refractivity contribution is 5.97. The molecule has 2 heteroatoms. The molecule has 0 spiro atoms. The molecule has 0 bridgehead atoms. The Balaban J connectivity index is 2.05. The van der Waals surface area contributed by atoms with E-state index in [9.17, 15) is 4.79 Å². The van der Waals surface area contributed by atoms with Gasteiger partial charge in [-0.25, -0.2) is 0 Å². The molecule has 100 valence electrons. The van der Waals surface area contributed by atoms with Crippen LogP contribution in [-0.4, -0.2) is 17.4 Å². The molecule has 20 heavy (non-hydrogen) atoms. The van der Waals surface area contributed by atoms with Gasteiger partial charge in [0.1, 0.15) is 0 Å². The lowest BCUT2D eigenvalue weighted by atomic mass is 9.89. The van der Waals surface area contributed by atoms with Crippen molar-refractivity contribution in [1.29, 1.82) is 0 Å². The van der Waals surface area contributed by atoms with Crippen molar-refractivity contribution in [3.05, 3.63) is 83.9 Å². The van der Waals surface area contributed by atoms with E-state index in [4.69, 9.17) is 0 Å². The number of nitrogens with zero attached hydrogens (tertiary/aromatic N) is 1. The van der Waals surface area contributed by atoms with E-state index >= 15 is 0 Å². The molecule has 0 fully saturated rings. The van der Waals surface area contributed by atoms with E-state index in [1.165, 1.54) is 5.56 Å². The van der Waals surface area contributed by atoms with E-state index in [2.05, 4.69) is 24.8 Å². The van der Waals surface area contributed by atoms with Gasteiger partial charge in [0, 0.05) is 12.1 Å². The van der Waals surface area contributed by atoms with Gasteiger partial charge in [0.05, 0.1) is 6.04 Å². The van der Waals surface area contributed by atoms with Crippen molar-refractivity contribution in [2.75, 3.05) is 6.54 Å². The largest absolute Gasteiger partial charge is 0.328 e. The van der Waals surface area contributed by atoms with Gasteiger partial charge in [-0.2, -0.15) is 0 Å². The number of amides is 1. The number of rotatable bonds is 3. The van der Waals surface area contributed by atoms with Gasteiger partial charge in [0.15, 0.2) is 0 Å². The van der Waals surface area contributed by atoms with E-state index in [0.717, 1.165) is 17.5 Å². The van der Waals surface area contributed by atoms with Crippen molar-refractivity contribution in [1.82, 2.24) is 4.90 Å². The van der Waals surface area contributed by atoms with Gasteiger partial charge in [0.25, 0.3) is 5.91 Å². The lowest BCUT2D eigenvalue weighted by Crippen LogP contribution is -2.40. The number of carbonyl (C=O) groups excluding carboxylic acids is 1. The zero-order chi connectivity index (χ0) is 13.9. The maximum Gasteiger partial charge on any atom is 0.254 e. The Kier molecular flexibility index (Phi) is 3.38. The number of hydrogen-bond acceptors (Lipinski definition) is 1. The van der Waals surface area contributed by atoms with Crippen molar-refractivity contribution >= 4 is 5.91 Å². The molecule has 0 saturated heterocycles. The van der Waals surface area contributed by atoms with Crippen molar-refractivity contribution in [3.63, 3.8) is 0 Å². The summed E-state index contributed by atoms with van der Waals surface area (Å²) in [5, 5.41) is 0. The van der Waals surface area contributed by atoms with Crippen LogP contribution in [0.5, 0.6) is 0 Å². The van der Waals surface area contributed by atoms with Gasteiger partial charge in [0.2, 0.25) is 0 Å². The molecule has 1 aliphatic rings. The van der Waals surface area contributed by atoms with Crippen molar-refractivity contribution < 1.29 is 4.79 Å². The minimum Gasteiger partial charge on any atom is -0.328 e. The van der Waals surface area contributed by atoms with E-state index in [0.29, 0.717) is 6.54 Å². The van der Waals surface area contributed by atoms with Crippen LogP contribution in [0.25, 0.3) is 0 Å². The maximum absolute atomic E-state index is 12.7. The Morgan fingerprint density at radius 1 is 1.10 bits per heavy atom. The Morgan fingerprint density at radius 2 is 1.80 bits per heavy atom. The average molecular weight is 263 g/mol. The third kappa shape index (κ3) is 2.14. The first-order chi connectivity index (χ1) is 9.81. The van der Waals surface area contributed by atoms with E-state index in [1.807, 2.05) is 41.3 Å². The van der Waals surface area contributed by atoms with Crippen LogP contribution in [0.3, 0.4) is 0 Å². The molecule has 0 aromatic heterocycles. The molecule has 0 N–H and O–H groups in total. The monoisotopic (exact) mass is 263 g/mol.